The average molecular weight is 380 g/mol. The first-order valence-corrected chi connectivity index (χ1v) is 9.60. The van der Waals surface area contributed by atoms with Gasteiger partial charge in [0.25, 0.3) is 5.91 Å². The van der Waals surface area contributed by atoms with Crippen LogP contribution in [-0.2, 0) is 0 Å². The monoisotopic (exact) mass is 380 g/mol. The summed E-state index contributed by atoms with van der Waals surface area (Å²) in [5.41, 5.74) is 5.34. The molecule has 2 atom stereocenters. The number of aliphatic hydroxyl groups is 2. The fourth-order valence-corrected chi connectivity index (χ4v) is 3.67. The van der Waals surface area contributed by atoms with E-state index in [-0.39, 0.29) is 12.5 Å². The van der Waals surface area contributed by atoms with Gasteiger partial charge in [0, 0.05) is 24.1 Å². The lowest BCUT2D eigenvalue weighted by molar-refractivity contribution is -0.0720. The minimum absolute atomic E-state index is 0.137. The maximum Gasteiger partial charge on any atom is 0.254 e. The molecule has 0 saturated carbocycles. The quantitative estimate of drug-likeness (QED) is 0.560. The highest BCUT2D eigenvalue weighted by Crippen LogP contribution is 2.36. The van der Waals surface area contributed by atoms with E-state index in [1.54, 1.807) is 30.2 Å². The van der Waals surface area contributed by atoms with Crippen molar-refractivity contribution in [3.8, 4) is 11.5 Å². The van der Waals surface area contributed by atoms with Crippen LogP contribution in [0.1, 0.15) is 43.0 Å². The summed E-state index contributed by atoms with van der Waals surface area (Å²) < 4.78 is 11.0. The van der Waals surface area contributed by atoms with Gasteiger partial charge in [-0.3, -0.25) is 4.79 Å². The molecule has 0 aromatic heterocycles. The molecule has 2 rings (SSSR count). The van der Waals surface area contributed by atoms with Gasteiger partial charge in [-0.2, -0.15) is 0 Å². The molecule has 1 aromatic carbocycles. The van der Waals surface area contributed by atoms with Gasteiger partial charge in [-0.25, -0.2) is 0 Å². The summed E-state index contributed by atoms with van der Waals surface area (Å²) in [6.07, 6.45) is 2.08. The molecular weight excluding hydrogens is 348 g/mol. The number of carbonyl (C=O) groups excluding carboxylic acids is 1. The molecule has 4 N–H and O–H groups in total. The molecule has 0 aliphatic carbocycles. The van der Waals surface area contributed by atoms with Crippen molar-refractivity contribution in [2.24, 2.45) is 11.1 Å². The SMILES string of the molecule is CCC[C@@]1(CO)CN(C(=O)c2ccc(OC)c(OCCCN)c2)CC[C@@H]1O. The Morgan fingerprint density at radius 3 is 2.81 bits per heavy atom. The maximum atomic E-state index is 13.0. The molecule has 7 heteroatoms. The van der Waals surface area contributed by atoms with Crippen LogP contribution in [0.4, 0.5) is 0 Å². The topological polar surface area (TPSA) is 105 Å². The Morgan fingerprint density at radius 1 is 1.41 bits per heavy atom. The molecular formula is C20H32N2O5. The standard InChI is InChI=1S/C20H32N2O5/c1-3-8-20(14-23)13-22(10-7-18(20)24)19(25)15-5-6-16(26-2)17(12-15)27-11-4-9-21/h5-6,12,18,23-24H,3-4,7-11,13-14,21H2,1-2H3/t18-,20-/m0/s1. The second-order valence-electron chi connectivity index (χ2n) is 7.16. The maximum absolute atomic E-state index is 13.0. The van der Waals surface area contributed by atoms with E-state index < -0.39 is 11.5 Å². The highest BCUT2D eigenvalue weighted by Gasteiger charge is 2.43. The molecule has 1 amide bonds. The summed E-state index contributed by atoms with van der Waals surface area (Å²) in [5.74, 6) is 0.936. The Kier molecular flexibility index (Phi) is 7.89. The van der Waals surface area contributed by atoms with Crippen LogP contribution in [0.15, 0.2) is 18.2 Å². The van der Waals surface area contributed by atoms with Crippen LogP contribution in [0.2, 0.25) is 0 Å². The van der Waals surface area contributed by atoms with E-state index in [9.17, 15) is 15.0 Å². The van der Waals surface area contributed by atoms with Crippen molar-refractivity contribution in [1.29, 1.82) is 0 Å². The van der Waals surface area contributed by atoms with Crippen molar-refractivity contribution >= 4 is 5.91 Å². The van der Waals surface area contributed by atoms with Crippen LogP contribution in [0.25, 0.3) is 0 Å². The normalized spacial score (nSPS) is 22.6. The highest BCUT2D eigenvalue weighted by molar-refractivity contribution is 5.95. The van der Waals surface area contributed by atoms with Gasteiger partial charge in [0.05, 0.1) is 26.4 Å². The number of methoxy groups -OCH3 is 1. The Labute approximate surface area is 161 Å². The third-order valence-corrected chi connectivity index (χ3v) is 5.25. The van der Waals surface area contributed by atoms with Crippen molar-refractivity contribution < 1.29 is 24.5 Å². The predicted molar refractivity (Wildman–Crippen MR) is 103 cm³/mol. The number of benzene rings is 1. The number of rotatable bonds is 9. The summed E-state index contributed by atoms with van der Waals surface area (Å²) in [7, 11) is 1.55. The minimum Gasteiger partial charge on any atom is -0.493 e. The first-order valence-electron chi connectivity index (χ1n) is 9.60. The first kappa shape index (κ1) is 21.5. The van der Waals surface area contributed by atoms with Crippen LogP contribution in [0.3, 0.4) is 0 Å². The first-order chi connectivity index (χ1) is 13.0. The number of nitrogens with two attached hydrogens (primary N) is 1. The lowest BCUT2D eigenvalue weighted by atomic mass is 9.74. The number of hydrogen-bond acceptors (Lipinski definition) is 6. The molecule has 1 saturated heterocycles. The second kappa shape index (κ2) is 9.92. The van der Waals surface area contributed by atoms with Gasteiger partial charge in [-0.1, -0.05) is 13.3 Å². The molecule has 0 unspecified atom stereocenters. The molecule has 1 heterocycles. The Hall–Kier alpha value is -1.83. The third-order valence-electron chi connectivity index (χ3n) is 5.25. The van der Waals surface area contributed by atoms with Crippen molar-refractivity contribution in [3.63, 3.8) is 0 Å². The summed E-state index contributed by atoms with van der Waals surface area (Å²) >= 11 is 0. The number of carbonyl (C=O) groups is 1. The minimum atomic E-state index is -0.657. The largest absolute Gasteiger partial charge is 0.493 e. The second-order valence-corrected chi connectivity index (χ2v) is 7.16. The van der Waals surface area contributed by atoms with E-state index in [1.807, 2.05) is 6.92 Å². The van der Waals surface area contributed by atoms with Crippen LogP contribution < -0.4 is 15.2 Å². The third kappa shape index (κ3) is 4.91. The van der Waals surface area contributed by atoms with Crippen LogP contribution in [0.5, 0.6) is 11.5 Å². The molecule has 1 aliphatic heterocycles. The van der Waals surface area contributed by atoms with Crippen LogP contribution in [0, 0.1) is 5.41 Å². The van der Waals surface area contributed by atoms with E-state index >= 15 is 0 Å². The van der Waals surface area contributed by atoms with E-state index in [4.69, 9.17) is 15.2 Å². The number of ether oxygens (including phenoxy) is 2. The molecule has 152 valence electrons. The summed E-state index contributed by atoms with van der Waals surface area (Å²) in [4.78, 5) is 14.8. The Bertz CT molecular complexity index is 624. The molecule has 0 spiro atoms. The summed E-state index contributed by atoms with van der Waals surface area (Å²) in [6.45, 7) is 3.65. The van der Waals surface area contributed by atoms with Crippen molar-refractivity contribution in [1.82, 2.24) is 4.90 Å². The predicted octanol–water partition coefficient (Wildman–Crippen LogP) is 1.41. The van der Waals surface area contributed by atoms with Gasteiger partial charge in [0.2, 0.25) is 0 Å². The van der Waals surface area contributed by atoms with E-state index in [2.05, 4.69) is 0 Å². The molecule has 1 fully saturated rings. The van der Waals surface area contributed by atoms with Gasteiger partial charge < -0.3 is 30.3 Å². The lowest BCUT2D eigenvalue weighted by Crippen LogP contribution is -2.55. The van der Waals surface area contributed by atoms with E-state index in [0.717, 1.165) is 6.42 Å². The fraction of sp³-hybridized carbons (Fsp3) is 0.650. The van der Waals surface area contributed by atoms with Gasteiger partial charge in [-0.05, 0) is 44.0 Å². The van der Waals surface area contributed by atoms with Gasteiger partial charge in [0.1, 0.15) is 0 Å². The number of piperidine rings is 1. The molecule has 1 aliphatic rings. The molecule has 1 aromatic rings. The van der Waals surface area contributed by atoms with E-state index in [1.165, 1.54) is 0 Å². The van der Waals surface area contributed by atoms with Crippen molar-refractivity contribution in [3.05, 3.63) is 23.8 Å². The molecule has 27 heavy (non-hydrogen) atoms. The Morgan fingerprint density at radius 2 is 2.19 bits per heavy atom. The number of nitrogens with zero attached hydrogens (tertiary/aromatic N) is 1. The van der Waals surface area contributed by atoms with Crippen molar-refractivity contribution in [2.45, 2.75) is 38.7 Å². The Balaban J connectivity index is 2.19. The van der Waals surface area contributed by atoms with Crippen LogP contribution >= 0.6 is 0 Å². The van der Waals surface area contributed by atoms with Crippen LogP contribution in [-0.4, -0.2) is 67.1 Å². The molecule has 0 bridgehead atoms. The molecule has 7 nitrogen and oxygen atoms in total. The zero-order valence-corrected chi connectivity index (χ0v) is 16.3. The van der Waals surface area contributed by atoms with Gasteiger partial charge in [0.15, 0.2) is 11.5 Å². The van der Waals surface area contributed by atoms with Crippen molar-refractivity contribution in [2.75, 3.05) is 40.0 Å². The van der Waals surface area contributed by atoms with E-state index in [0.29, 0.717) is 62.6 Å². The number of hydrogen-bond donors (Lipinski definition) is 3. The number of amides is 1. The average Bonchev–Trinajstić information content (AvgIpc) is 2.69. The molecule has 0 radical (unpaired) electrons. The smallest absolute Gasteiger partial charge is 0.254 e. The summed E-state index contributed by atoms with van der Waals surface area (Å²) in [5, 5.41) is 20.3. The number of aliphatic hydroxyl groups excluding tert-OH is 2. The zero-order valence-electron chi connectivity index (χ0n) is 16.3. The lowest BCUT2D eigenvalue weighted by Gasteiger charge is -2.45. The zero-order chi connectivity index (χ0) is 19.9. The van der Waals surface area contributed by atoms with Gasteiger partial charge >= 0.3 is 0 Å². The fourth-order valence-electron chi connectivity index (χ4n) is 3.67. The number of likely N-dealkylation sites (tertiary alicyclic amines) is 1. The summed E-state index contributed by atoms with van der Waals surface area (Å²) in [6, 6.07) is 5.11. The highest BCUT2D eigenvalue weighted by atomic mass is 16.5. The van der Waals surface area contributed by atoms with Gasteiger partial charge in [-0.15, -0.1) is 0 Å².